The predicted molar refractivity (Wildman–Crippen MR) is 172 cm³/mol. The molecule has 6 heteroatoms. The van der Waals surface area contributed by atoms with Crippen molar-refractivity contribution in [2.24, 2.45) is 5.92 Å². The number of carbonyl (C=O) groups excluding carboxylic acids is 1. The Morgan fingerprint density at radius 1 is 0.786 bits per heavy atom. The highest BCUT2D eigenvalue weighted by molar-refractivity contribution is 5.92. The molecule has 42 heavy (non-hydrogen) atoms. The topological polar surface area (TPSA) is 82.1 Å². The molecule has 1 N–H and O–H groups in total. The monoisotopic (exact) mass is 580 g/mol. The van der Waals surface area contributed by atoms with Gasteiger partial charge < -0.3 is 19.3 Å². The molecule has 0 heterocycles. The molecule has 2 aromatic rings. The fourth-order valence-electron chi connectivity index (χ4n) is 4.44. The summed E-state index contributed by atoms with van der Waals surface area (Å²) in [6.45, 7) is 8.50. The zero-order valence-electron chi connectivity index (χ0n) is 26.6. The maximum Gasteiger partial charge on any atom is 0.373 e. The van der Waals surface area contributed by atoms with Gasteiger partial charge in [-0.1, -0.05) is 109 Å². The van der Waals surface area contributed by atoms with Crippen LogP contribution in [0.15, 0.2) is 65.9 Å². The Bertz CT molecular complexity index is 1070. The maximum absolute atomic E-state index is 12.2. The van der Waals surface area contributed by atoms with Gasteiger partial charge in [-0.25, -0.2) is 9.59 Å². The Labute approximate surface area is 253 Å². The van der Waals surface area contributed by atoms with Gasteiger partial charge in [-0.15, -0.1) is 0 Å². The van der Waals surface area contributed by atoms with Crippen LogP contribution in [-0.2, 0) is 19.1 Å². The number of aliphatic carboxylic acids is 1. The Hall–Kier alpha value is -3.54. The second-order valence-electron chi connectivity index (χ2n) is 10.4. The number of hydrogen-bond donors (Lipinski definition) is 1. The number of methoxy groups -OCH3 is 2. The molecule has 0 spiro atoms. The van der Waals surface area contributed by atoms with Crippen molar-refractivity contribution in [2.75, 3.05) is 14.2 Å². The number of carboxylic acids is 1. The third-order valence-corrected chi connectivity index (χ3v) is 7.16. The zero-order chi connectivity index (χ0) is 31.2. The van der Waals surface area contributed by atoms with Crippen molar-refractivity contribution in [3.63, 3.8) is 0 Å². The van der Waals surface area contributed by atoms with E-state index in [1.54, 1.807) is 19.3 Å². The minimum Gasteiger partial charge on any atom is -0.497 e. The predicted octanol–water partition coefficient (Wildman–Crippen LogP) is 9.35. The Morgan fingerprint density at radius 3 is 1.95 bits per heavy atom. The summed E-state index contributed by atoms with van der Waals surface area (Å²) in [4.78, 5) is 23.6. The van der Waals surface area contributed by atoms with Crippen LogP contribution in [-0.4, -0.2) is 37.4 Å². The first-order chi connectivity index (χ1) is 20.3. The molecule has 2 rings (SSSR count). The van der Waals surface area contributed by atoms with Crippen LogP contribution >= 0.6 is 0 Å². The summed E-state index contributed by atoms with van der Waals surface area (Å²) in [7, 11) is 3.11. The first-order valence-electron chi connectivity index (χ1n) is 15.4. The second kappa shape index (κ2) is 22.1. The fourth-order valence-corrected chi connectivity index (χ4v) is 4.44. The Balaban J connectivity index is 0.000000420. The Kier molecular flexibility index (Phi) is 19.2. The lowest BCUT2D eigenvalue weighted by atomic mass is 9.91. The molecule has 0 fully saturated rings. The lowest BCUT2D eigenvalue weighted by molar-refractivity contribution is -0.148. The zero-order valence-corrected chi connectivity index (χ0v) is 26.6. The minimum absolute atomic E-state index is 0.0293. The van der Waals surface area contributed by atoms with Crippen molar-refractivity contribution in [3.05, 3.63) is 77.1 Å². The largest absolute Gasteiger partial charge is 0.497 e. The molecule has 2 atom stereocenters. The van der Waals surface area contributed by atoms with Gasteiger partial charge in [0, 0.05) is 5.57 Å². The molecule has 0 aliphatic rings. The van der Waals surface area contributed by atoms with E-state index in [0.717, 1.165) is 61.8 Å². The number of carboxylic acid groups (broad SMARTS) is 1. The lowest BCUT2D eigenvalue weighted by Gasteiger charge is -2.16. The van der Waals surface area contributed by atoms with Crippen molar-refractivity contribution in [1.29, 1.82) is 0 Å². The first-order valence-corrected chi connectivity index (χ1v) is 15.4. The van der Waals surface area contributed by atoms with Crippen molar-refractivity contribution in [1.82, 2.24) is 0 Å². The fraction of sp³-hybridized carbons (Fsp3) is 0.500. The van der Waals surface area contributed by atoms with Crippen LogP contribution < -0.4 is 4.74 Å². The molecular weight excluding hydrogens is 528 g/mol. The average molecular weight is 581 g/mol. The molecule has 0 aromatic heterocycles. The molecule has 0 aliphatic heterocycles. The highest BCUT2D eigenvalue weighted by Gasteiger charge is 2.17. The second-order valence-corrected chi connectivity index (χ2v) is 10.4. The Morgan fingerprint density at radius 2 is 1.43 bits per heavy atom. The minimum atomic E-state index is -0.819. The summed E-state index contributed by atoms with van der Waals surface area (Å²) >= 11 is 0. The molecule has 0 aliphatic carbocycles. The summed E-state index contributed by atoms with van der Waals surface area (Å²) in [5.41, 5.74) is 2.31. The number of hydrogen-bond acceptors (Lipinski definition) is 5. The number of ether oxygens (including phenoxy) is 3. The van der Waals surface area contributed by atoms with Gasteiger partial charge in [0.2, 0.25) is 5.76 Å². The van der Waals surface area contributed by atoms with Crippen molar-refractivity contribution < 1.29 is 28.9 Å². The van der Waals surface area contributed by atoms with E-state index < -0.39 is 5.97 Å². The van der Waals surface area contributed by atoms with Gasteiger partial charge in [0.25, 0.3) is 0 Å². The third-order valence-electron chi connectivity index (χ3n) is 7.16. The molecular formula is C36H52O6. The van der Waals surface area contributed by atoms with Crippen LogP contribution in [0.3, 0.4) is 0 Å². The highest BCUT2D eigenvalue weighted by Crippen LogP contribution is 2.24. The van der Waals surface area contributed by atoms with Crippen LogP contribution in [0.1, 0.15) is 103 Å². The summed E-state index contributed by atoms with van der Waals surface area (Å²) < 4.78 is 15.8. The average Bonchev–Trinajstić information content (AvgIpc) is 3.01. The molecule has 6 nitrogen and oxygen atoms in total. The smallest absolute Gasteiger partial charge is 0.373 e. The van der Waals surface area contributed by atoms with Gasteiger partial charge in [-0.2, -0.15) is 0 Å². The SMILES string of the molecule is CCCCC(CC)CC(=Cc1ccc(OC)cc1)C(=O)O.CCCCCC(CC)OC(=O)C(=Cc1ccccc1)OC. The molecule has 2 aromatic carbocycles. The van der Waals surface area contributed by atoms with E-state index in [0.29, 0.717) is 17.9 Å². The van der Waals surface area contributed by atoms with Gasteiger partial charge in [-0.05, 0) is 67.0 Å². The van der Waals surface area contributed by atoms with Crippen molar-refractivity contribution in [2.45, 2.75) is 98.0 Å². The summed E-state index contributed by atoms with van der Waals surface area (Å²) in [5.74, 6) is 0.268. The van der Waals surface area contributed by atoms with Crippen LogP contribution in [0.2, 0.25) is 0 Å². The number of esters is 1. The quantitative estimate of drug-likeness (QED) is 0.0819. The third kappa shape index (κ3) is 14.9. The van der Waals surface area contributed by atoms with E-state index in [-0.39, 0.29) is 17.8 Å². The number of unbranched alkanes of at least 4 members (excludes halogenated alkanes) is 3. The molecule has 232 valence electrons. The molecule has 0 saturated carbocycles. The van der Waals surface area contributed by atoms with E-state index >= 15 is 0 Å². The van der Waals surface area contributed by atoms with Crippen LogP contribution in [0.4, 0.5) is 0 Å². The summed E-state index contributed by atoms with van der Waals surface area (Å²) in [5, 5.41) is 9.41. The van der Waals surface area contributed by atoms with Gasteiger partial charge >= 0.3 is 11.9 Å². The molecule has 0 amide bonds. The molecule has 0 radical (unpaired) electrons. The maximum atomic E-state index is 12.2. The number of rotatable bonds is 18. The molecule has 0 saturated heterocycles. The lowest BCUT2D eigenvalue weighted by Crippen LogP contribution is -2.19. The number of carbonyl (C=O) groups is 2. The molecule has 2 unspecified atom stereocenters. The van der Waals surface area contributed by atoms with Crippen LogP contribution in [0, 0.1) is 5.92 Å². The van der Waals surface area contributed by atoms with Gasteiger partial charge in [0.15, 0.2) is 0 Å². The van der Waals surface area contributed by atoms with Gasteiger partial charge in [0.05, 0.1) is 14.2 Å². The van der Waals surface area contributed by atoms with E-state index in [1.807, 2.05) is 61.5 Å². The van der Waals surface area contributed by atoms with Crippen molar-refractivity contribution >= 4 is 24.1 Å². The van der Waals surface area contributed by atoms with Crippen molar-refractivity contribution in [3.8, 4) is 5.75 Å². The van der Waals surface area contributed by atoms with E-state index in [9.17, 15) is 14.7 Å². The van der Waals surface area contributed by atoms with Gasteiger partial charge in [-0.3, -0.25) is 0 Å². The van der Waals surface area contributed by atoms with Crippen LogP contribution in [0.5, 0.6) is 5.75 Å². The van der Waals surface area contributed by atoms with E-state index in [2.05, 4.69) is 20.8 Å². The summed E-state index contributed by atoms with van der Waals surface area (Å²) in [6.07, 6.45) is 13.7. The van der Waals surface area contributed by atoms with Gasteiger partial charge in [0.1, 0.15) is 11.9 Å². The molecule has 0 bridgehead atoms. The highest BCUT2D eigenvalue weighted by atomic mass is 16.6. The standard InChI is InChI=1S/2C18H26O3/c1-4-6-8-13-16(5-2)21-18(19)17(20-3)14-15-11-9-7-10-12-15;1-4-6-7-14(5-2)12-16(18(19)20)13-15-8-10-17(21-3)11-9-15/h7,9-12,14,16H,4-6,8,13H2,1-3H3;8-11,13-14H,4-7,12H2,1-3H3,(H,19,20). The summed E-state index contributed by atoms with van der Waals surface area (Å²) in [6, 6.07) is 17.1. The van der Waals surface area contributed by atoms with Crippen LogP contribution in [0.25, 0.3) is 12.2 Å². The van der Waals surface area contributed by atoms with E-state index in [1.165, 1.54) is 20.0 Å². The normalized spacial score (nSPS) is 12.9. The number of benzene rings is 2. The van der Waals surface area contributed by atoms with E-state index in [4.69, 9.17) is 14.2 Å². The first kappa shape index (κ1) is 36.5.